The number of fused-ring (bicyclic) bond motifs is 1. The van der Waals surface area contributed by atoms with Gasteiger partial charge in [0.1, 0.15) is 5.82 Å². The molecule has 1 N–H and O–H groups in total. The zero-order valence-electron chi connectivity index (χ0n) is 11.0. The third kappa shape index (κ3) is 2.59. The first-order valence-electron chi connectivity index (χ1n) is 6.46. The van der Waals surface area contributed by atoms with Gasteiger partial charge in [-0.2, -0.15) is 0 Å². The number of halogens is 1. The van der Waals surface area contributed by atoms with E-state index in [1.165, 1.54) is 12.1 Å². The second-order valence-electron chi connectivity index (χ2n) is 4.67. The van der Waals surface area contributed by atoms with Gasteiger partial charge in [0.15, 0.2) is 0 Å². The standard InChI is InChI=1S/C16H14FN3/c1-11(12-6-4-7-14(17)9-12)19-16-18-10-13-5-2-3-8-15(13)20-16/h2-11H,1H3,(H,18,19,20). The van der Waals surface area contributed by atoms with Crippen molar-refractivity contribution in [3.63, 3.8) is 0 Å². The Morgan fingerprint density at radius 1 is 1.10 bits per heavy atom. The quantitative estimate of drug-likeness (QED) is 0.781. The second kappa shape index (κ2) is 5.25. The molecule has 4 heteroatoms. The molecule has 0 aliphatic rings. The molecule has 0 saturated carbocycles. The fourth-order valence-corrected chi connectivity index (χ4v) is 2.09. The Hall–Kier alpha value is -2.49. The maximum Gasteiger partial charge on any atom is 0.223 e. The topological polar surface area (TPSA) is 37.8 Å². The molecule has 3 rings (SSSR count). The summed E-state index contributed by atoms with van der Waals surface area (Å²) in [6.45, 7) is 1.95. The van der Waals surface area contributed by atoms with Crippen molar-refractivity contribution in [2.45, 2.75) is 13.0 Å². The first kappa shape index (κ1) is 12.5. The third-order valence-electron chi connectivity index (χ3n) is 3.18. The summed E-state index contributed by atoms with van der Waals surface area (Å²) in [5, 5.41) is 4.19. The third-order valence-corrected chi connectivity index (χ3v) is 3.18. The summed E-state index contributed by atoms with van der Waals surface area (Å²) in [6, 6.07) is 14.3. The highest BCUT2D eigenvalue weighted by Gasteiger charge is 2.08. The molecule has 0 aliphatic heterocycles. The van der Waals surface area contributed by atoms with Crippen LogP contribution in [0.1, 0.15) is 18.5 Å². The lowest BCUT2D eigenvalue weighted by Crippen LogP contribution is -2.09. The van der Waals surface area contributed by atoms with E-state index in [1.54, 1.807) is 12.3 Å². The molecule has 1 unspecified atom stereocenters. The van der Waals surface area contributed by atoms with E-state index < -0.39 is 0 Å². The van der Waals surface area contributed by atoms with Crippen LogP contribution in [0.5, 0.6) is 0 Å². The first-order chi connectivity index (χ1) is 9.72. The maximum atomic E-state index is 13.2. The summed E-state index contributed by atoms with van der Waals surface area (Å²) in [4.78, 5) is 8.73. The molecule has 0 spiro atoms. The van der Waals surface area contributed by atoms with Crippen LogP contribution in [0.3, 0.4) is 0 Å². The Morgan fingerprint density at radius 2 is 1.95 bits per heavy atom. The lowest BCUT2D eigenvalue weighted by Gasteiger charge is -2.14. The number of rotatable bonds is 3. The lowest BCUT2D eigenvalue weighted by atomic mass is 10.1. The van der Waals surface area contributed by atoms with Gasteiger partial charge in [-0.1, -0.05) is 30.3 Å². The van der Waals surface area contributed by atoms with Crippen LogP contribution in [0.25, 0.3) is 10.9 Å². The molecule has 0 saturated heterocycles. The SMILES string of the molecule is CC(Nc1ncc2ccccc2n1)c1cccc(F)c1. The van der Waals surface area contributed by atoms with Crippen LogP contribution in [0.4, 0.5) is 10.3 Å². The summed E-state index contributed by atoms with van der Waals surface area (Å²) in [5.41, 5.74) is 1.75. The summed E-state index contributed by atoms with van der Waals surface area (Å²) < 4.78 is 13.2. The zero-order valence-corrected chi connectivity index (χ0v) is 11.0. The van der Waals surface area contributed by atoms with Crippen LogP contribution in [0, 0.1) is 5.82 Å². The predicted molar refractivity (Wildman–Crippen MR) is 78.0 cm³/mol. The highest BCUT2D eigenvalue weighted by molar-refractivity contribution is 5.78. The number of hydrogen-bond acceptors (Lipinski definition) is 3. The molecule has 0 bridgehead atoms. The van der Waals surface area contributed by atoms with Crippen LogP contribution in [0.2, 0.25) is 0 Å². The van der Waals surface area contributed by atoms with Crippen LogP contribution >= 0.6 is 0 Å². The van der Waals surface area contributed by atoms with Crippen molar-refractivity contribution in [2.24, 2.45) is 0 Å². The van der Waals surface area contributed by atoms with Gasteiger partial charge in [0.2, 0.25) is 5.95 Å². The van der Waals surface area contributed by atoms with E-state index in [-0.39, 0.29) is 11.9 Å². The molecule has 3 nitrogen and oxygen atoms in total. The zero-order chi connectivity index (χ0) is 13.9. The van der Waals surface area contributed by atoms with Gasteiger partial charge in [0, 0.05) is 11.6 Å². The number of para-hydroxylation sites is 1. The van der Waals surface area contributed by atoms with E-state index in [0.717, 1.165) is 16.5 Å². The molecule has 100 valence electrons. The minimum atomic E-state index is -0.240. The van der Waals surface area contributed by atoms with Crippen LogP contribution < -0.4 is 5.32 Å². The maximum absolute atomic E-state index is 13.2. The molecule has 2 aromatic carbocycles. The Labute approximate surface area is 116 Å². The van der Waals surface area contributed by atoms with E-state index in [2.05, 4.69) is 15.3 Å². The monoisotopic (exact) mass is 267 g/mol. The number of anilines is 1. The van der Waals surface area contributed by atoms with Crippen LogP contribution in [-0.2, 0) is 0 Å². The van der Waals surface area contributed by atoms with E-state index in [1.807, 2.05) is 37.3 Å². The predicted octanol–water partition coefficient (Wildman–Crippen LogP) is 3.94. The fraction of sp³-hybridized carbons (Fsp3) is 0.125. The van der Waals surface area contributed by atoms with Gasteiger partial charge >= 0.3 is 0 Å². The Kier molecular flexibility index (Phi) is 3.29. The minimum absolute atomic E-state index is 0.0631. The van der Waals surface area contributed by atoms with Gasteiger partial charge in [-0.3, -0.25) is 0 Å². The lowest BCUT2D eigenvalue weighted by molar-refractivity contribution is 0.623. The Balaban J connectivity index is 1.85. The number of hydrogen-bond donors (Lipinski definition) is 1. The summed E-state index contributed by atoms with van der Waals surface area (Å²) in [7, 11) is 0. The Bertz CT molecular complexity index is 742. The van der Waals surface area contributed by atoms with Gasteiger partial charge in [-0.25, -0.2) is 14.4 Å². The molecule has 1 heterocycles. The van der Waals surface area contributed by atoms with E-state index in [0.29, 0.717) is 5.95 Å². The van der Waals surface area contributed by atoms with Crippen molar-refractivity contribution >= 4 is 16.9 Å². The van der Waals surface area contributed by atoms with E-state index >= 15 is 0 Å². The number of nitrogens with zero attached hydrogens (tertiary/aromatic N) is 2. The highest BCUT2D eigenvalue weighted by Crippen LogP contribution is 2.19. The highest BCUT2D eigenvalue weighted by atomic mass is 19.1. The van der Waals surface area contributed by atoms with Crippen LogP contribution in [-0.4, -0.2) is 9.97 Å². The molecule has 20 heavy (non-hydrogen) atoms. The second-order valence-corrected chi connectivity index (χ2v) is 4.67. The van der Waals surface area contributed by atoms with Crippen molar-refractivity contribution in [1.29, 1.82) is 0 Å². The van der Waals surface area contributed by atoms with Crippen molar-refractivity contribution in [3.8, 4) is 0 Å². The fourth-order valence-electron chi connectivity index (χ4n) is 2.09. The van der Waals surface area contributed by atoms with Gasteiger partial charge in [0.05, 0.1) is 11.6 Å². The average Bonchev–Trinajstić information content (AvgIpc) is 2.47. The van der Waals surface area contributed by atoms with Gasteiger partial charge < -0.3 is 5.32 Å². The van der Waals surface area contributed by atoms with Gasteiger partial charge in [0.25, 0.3) is 0 Å². The summed E-state index contributed by atoms with van der Waals surface area (Å²) in [6.07, 6.45) is 1.78. The van der Waals surface area contributed by atoms with Crippen molar-refractivity contribution in [3.05, 3.63) is 66.1 Å². The van der Waals surface area contributed by atoms with Crippen molar-refractivity contribution < 1.29 is 4.39 Å². The van der Waals surface area contributed by atoms with E-state index in [4.69, 9.17) is 0 Å². The number of aromatic nitrogens is 2. The van der Waals surface area contributed by atoms with Crippen molar-refractivity contribution in [1.82, 2.24) is 9.97 Å². The molecule has 0 amide bonds. The van der Waals surface area contributed by atoms with Crippen molar-refractivity contribution in [2.75, 3.05) is 5.32 Å². The number of nitrogens with one attached hydrogen (secondary N) is 1. The molecular formula is C16H14FN3. The van der Waals surface area contributed by atoms with E-state index in [9.17, 15) is 4.39 Å². The Morgan fingerprint density at radius 3 is 2.80 bits per heavy atom. The minimum Gasteiger partial charge on any atom is -0.348 e. The molecule has 1 atom stereocenters. The molecule has 0 radical (unpaired) electrons. The molecule has 1 aromatic heterocycles. The molecule has 0 fully saturated rings. The summed E-state index contributed by atoms with van der Waals surface area (Å²) >= 11 is 0. The number of benzene rings is 2. The average molecular weight is 267 g/mol. The van der Waals surface area contributed by atoms with Crippen LogP contribution in [0.15, 0.2) is 54.7 Å². The first-order valence-corrected chi connectivity index (χ1v) is 6.46. The smallest absolute Gasteiger partial charge is 0.223 e. The molecule has 0 aliphatic carbocycles. The summed E-state index contributed by atoms with van der Waals surface area (Å²) in [5.74, 6) is 0.302. The normalized spacial score (nSPS) is 12.3. The molecule has 3 aromatic rings. The van der Waals surface area contributed by atoms with Gasteiger partial charge in [-0.15, -0.1) is 0 Å². The molecular weight excluding hydrogens is 253 g/mol. The van der Waals surface area contributed by atoms with Gasteiger partial charge in [-0.05, 0) is 30.7 Å². The largest absolute Gasteiger partial charge is 0.348 e.